The van der Waals surface area contributed by atoms with Crippen LogP contribution in [0.25, 0.3) is 11.1 Å². The Balaban J connectivity index is 2.33. The normalized spacial score (nSPS) is 13.0. The number of carbonyl (C=O) groups is 2. The molecule has 3 N–H and O–H groups in total. The molecule has 35 heavy (non-hydrogen) atoms. The van der Waals surface area contributed by atoms with Gasteiger partial charge in [-0.3, -0.25) is 4.79 Å². The Kier molecular flexibility index (Phi) is 12.7. The largest absolute Gasteiger partial charge is 0.480 e. The topological polar surface area (TPSA) is 78.4 Å². The molecule has 2 atom stereocenters. The maximum atomic E-state index is 13.2. The first kappa shape index (κ1) is 29.3. The van der Waals surface area contributed by atoms with Crippen molar-refractivity contribution in [2.24, 2.45) is 5.92 Å². The van der Waals surface area contributed by atoms with E-state index in [1.807, 2.05) is 61.3 Å². The molecule has 2 aromatic carbocycles. The molecule has 0 aliphatic carbocycles. The molecule has 0 spiro atoms. The third-order valence-electron chi connectivity index (χ3n) is 5.85. The van der Waals surface area contributed by atoms with E-state index in [1.54, 1.807) is 11.8 Å². The standard InChI is InChI=1S/C28H40N2O3S2/c1-6-35-18-22(15-19(2)3)29-17-21-11-12-24(25(16-21)23-10-8-7-9-20(23)4)27(31)30-26(28(32)33)13-14-34-5/h7-12,16,19,22,26,29H,6,13-15,17-18H2,1-5H3,(H,30,31)(H,32,33)/t22-,26-/m0/s1. The molecule has 7 heteroatoms. The van der Waals surface area contributed by atoms with Crippen molar-refractivity contribution >= 4 is 35.4 Å². The molecule has 1 amide bonds. The van der Waals surface area contributed by atoms with Crippen molar-refractivity contribution in [3.05, 3.63) is 59.2 Å². The number of aliphatic carboxylic acids is 1. The molecule has 0 aliphatic rings. The Hall–Kier alpha value is -1.96. The van der Waals surface area contributed by atoms with Crippen molar-refractivity contribution in [3.63, 3.8) is 0 Å². The van der Waals surface area contributed by atoms with E-state index in [4.69, 9.17) is 0 Å². The van der Waals surface area contributed by atoms with Gasteiger partial charge in [0.2, 0.25) is 0 Å². The van der Waals surface area contributed by atoms with E-state index >= 15 is 0 Å². The number of rotatable bonds is 15. The Labute approximate surface area is 219 Å². The zero-order valence-corrected chi connectivity index (χ0v) is 23.2. The van der Waals surface area contributed by atoms with Gasteiger partial charge in [-0.1, -0.05) is 51.1 Å². The number of hydrogen-bond acceptors (Lipinski definition) is 5. The smallest absolute Gasteiger partial charge is 0.326 e. The molecule has 0 heterocycles. The molecule has 2 aromatic rings. The first-order chi connectivity index (χ1) is 16.8. The molecule has 0 bridgehead atoms. The number of carboxylic acid groups (broad SMARTS) is 1. The van der Waals surface area contributed by atoms with E-state index in [0.717, 1.165) is 40.2 Å². The van der Waals surface area contributed by atoms with Gasteiger partial charge in [0.1, 0.15) is 6.04 Å². The van der Waals surface area contributed by atoms with Gasteiger partial charge in [-0.2, -0.15) is 23.5 Å². The van der Waals surface area contributed by atoms with Gasteiger partial charge >= 0.3 is 5.97 Å². The van der Waals surface area contributed by atoms with Gasteiger partial charge in [-0.05, 0) is 77.8 Å². The lowest BCUT2D eigenvalue weighted by Crippen LogP contribution is -2.41. The fourth-order valence-corrected chi connectivity index (χ4v) is 5.27. The van der Waals surface area contributed by atoms with Crippen LogP contribution >= 0.6 is 23.5 Å². The summed E-state index contributed by atoms with van der Waals surface area (Å²) in [6, 6.07) is 13.4. The van der Waals surface area contributed by atoms with Crippen molar-refractivity contribution < 1.29 is 14.7 Å². The van der Waals surface area contributed by atoms with Gasteiger partial charge in [0.05, 0.1) is 0 Å². The molecule has 0 aromatic heterocycles. The van der Waals surface area contributed by atoms with Crippen molar-refractivity contribution in [1.29, 1.82) is 0 Å². The number of carboxylic acids is 1. The van der Waals surface area contributed by atoms with Crippen LogP contribution in [0.4, 0.5) is 0 Å². The van der Waals surface area contributed by atoms with Crippen LogP contribution in [0, 0.1) is 12.8 Å². The Morgan fingerprint density at radius 3 is 2.46 bits per heavy atom. The molecule has 0 fully saturated rings. The van der Waals surface area contributed by atoms with Gasteiger partial charge in [-0.25, -0.2) is 4.79 Å². The van der Waals surface area contributed by atoms with Crippen LogP contribution in [0.15, 0.2) is 42.5 Å². The second-order valence-electron chi connectivity index (χ2n) is 9.21. The van der Waals surface area contributed by atoms with E-state index in [-0.39, 0.29) is 5.91 Å². The van der Waals surface area contributed by atoms with Crippen LogP contribution in [0.3, 0.4) is 0 Å². The fraction of sp³-hybridized carbons (Fsp3) is 0.500. The van der Waals surface area contributed by atoms with Crippen LogP contribution in [-0.4, -0.2) is 52.6 Å². The molecule has 2 rings (SSSR count). The molecule has 0 saturated heterocycles. The average molecular weight is 517 g/mol. The van der Waals surface area contributed by atoms with Crippen LogP contribution in [-0.2, 0) is 11.3 Å². The van der Waals surface area contributed by atoms with Crippen LogP contribution in [0.2, 0.25) is 0 Å². The van der Waals surface area contributed by atoms with Crippen LogP contribution < -0.4 is 10.6 Å². The molecule has 192 valence electrons. The summed E-state index contributed by atoms with van der Waals surface area (Å²) >= 11 is 3.52. The lowest BCUT2D eigenvalue weighted by atomic mass is 9.93. The van der Waals surface area contributed by atoms with E-state index in [1.165, 1.54) is 0 Å². The summed E-state index contributed by atoms with van der Waals surface area (Å²) in [6.45, 7) is 9.43. The maximum Gasteiger partial charge on any atom is 0.326 e. The third-order valence-corrected chi connectivity index (χ3v) is 7.54. The van der Waals surface area contributed by atoms with Gasteiger partial charge in [0, 0.05) is 23.9 Å². The molecular formula is C28H40N2O3S2. The summed E-state index contributed by atoms with van der Waals surface area (Å²) in [5.74, 6) is 2.10. The maximum absolute atomic E-state index is 13.2. The van der Waals surface area contributed by atoms with Crippen molar-refractivity contribution in [2.45, 2.75) is 59.2 Å². The number of amides is 1. The summed E-state index contributed by atoms with van der Waals surface area (Å²) in [7, 11) is 0. The van der Waals surface area contributed by atoms with Crippen LogP contribution in [0.5, 0.6) is 0 Å². The Morgan fingerprint density at radius 1 is 1.09 bits per heavy atom. The minimum absolute atomic E-state index is 0.353. The molecular weight excluding hydrogens is 476 g/mol. The summed E-state index contributed by atoms with van der Waals surface area (Å²) in [6.07, 6.45) is 3.43. The minimum atomic E-state index is -1.01. The number of hydrogen-bond donors (Lipinski definition) is 3. The zero-order valence-electron chi connectivity index (χ0n) is 21.6. The van der Waals surface area contributed by atoms with Gasteiger partial charge < -0.3 is 15.7 Å². The van der Waals surface area contributed by atoms with E-state index < -0.39 is 12.0 Å². The minimum Gasteiger partial charge on any atom is -0.480 e. The highest BCUT2D eigenvalue weighted by Gasteiger charge is 2.23. The monoisotopic (exact) mass is 516 g/mol. The van der Waals surface area contributed by atoms with Gasteiger partial charge in [0.15, 0.2) is 0 Å². The second-order valence-corrected chi connectivity index (χ2v) is 11.5. The second kappa shape index (κ2) is 15.2. The lowest BCUT2D eigenvalue weighted by molar-refractivity contribution is -0.139. The van der Waals surface area contributed by atoms with E-state index in [9.17, 15) is 14.7 Å². The third kappa shape index (κ3) is 9.54. The Bertz CT molecular complexity index is 965. The number of nitrogens with one attached hydrogen (secondary N) is 2. The Morgan fingerprint density at radius 2 is 1.83 bits per heavy atom. The molecule has 0 unspecified atom stereocenters. The van der Waals surface area contributed by atoms with E-state index in [0.29, 0.717) is 36.2 Å². The number of aryl methyl sites for hydroxylation is 1. The van der Waals surface area contributed by atoms with Crippen LogP contribution in [0.1, 0.15) is 55.1 Å². The summed E-state index contributed by atoms with van der Waals surface area (Å²) < 4.78 is 0. The highest BCUT2D eigenvalue weighted by molar-refractivity contribution is 7.99. The average Bonchev–Trinajstić information content (AvgIpc) is 2.83. The summed E-state index contributed by atoms with van der Waals surface area (Å²) in [5.41, 5.74) is 4.49. The lowest BCUT2D eigenvalue weighted by Gasteiger charge is -2.21. The number of thioether (sulfide) groups is 2. The number of carbonyl (C=O) groups excluding carboxylic acids is 1. The SMILES string of the molecule is CCSC[C@H](CC(C)C)NCc1ccc(C(=O)N[C@@H](CCSC)C(=O)O)c(-c2ccccc2C)c1. The van der Waals surface area contributed by atoms with Gasteiger partial charge in [-0.15, -0.1) is 0 Å². The van der Waals surface area contributed by atoms with Crippen molar-refractivity contribution in [1.82, 2.24) is 10.6 Å². The molecule has 0 aliphatic heterocycles. The summed E-state index contributed by atoms with van der Waals surface area (Å²) in [4.78, 5) is 24.9. The highest BCUT2D eigenvalue weighted by Crippen LogP contribution is 2.28. The quantitative estimate of drug-likeness (QED) is 0.275. The predicted molar refractivity (Wildman–Crippen MR) is 152 cm³/mol. The first-order valence-corrected chi connectivity index (χ1v) is 14.8. The van der Waals surface area contributed by atoms with Crippen molar-refractivity contribution in [2.75, 3.05) is 23.5 Å². The van der Waals surface area contributed by atoms with E-state index in [2.05, 4.69) is 37.5 Å². The number of benzene rings is 2. The van der Waals surface area contributed by atoms with Crippen molar-refractivity contribution in [3.8, 4) is 11.1 Å². The molecule has 0 saturated carbocycles. The molecule has 0 radical (unpaired) electrons. The van der Waals surface area contributed by atoms with Gasteiger partial charge in [0.25, 0.3) is 5.91 Å². The highest BCUT2D eigenvalue weighted by atomic mass is 32.2. The fourth-order valence-electron chi connectivity index (χ4n) is 4.03. The molecule has 5 nitrogen and oxygen atoms in total. The predicted octanol–water partition coefficient (Wildman–Crippen LogP) is 5.86. The summed E-state index contributed by atoms with van der Waals surface area (Å²) in [5, 5.41) is 16.0. The first-order valence-electron chi connectivity index (χ1n) is 12.3. The zero-order chi connectivity index (χ0) is 25.8.